The summed E-state index contributed by atoms with van der Waals surface area (Å²) >= 11 is 0. The molecule has 3 N–H and O–H groups in total. The molecule has 14 heavy (non-hydrogen) atoms. The van der Waals surface area contributed by atoms with E-state index in [1.807, 2.05) is 0 Å². The van der Waals surface area contributed by atoms with Gasteiger partial charge in [-0.1, -0.05) is 23.8 Å². The lowest BCUT2D eigenvalue weighted by molar-refractivity contribution is 0.555. The Hall–Kier alpha value is -0.860. The molecule has 1 rings (SSSR count). The van der Waals surface area contributed by atoms with E-state index < -0.39 is 0 Å². The first-order valence-corrected chi connectivity index (χ1v) is 5.13. The van der Waals surface area contributed by atoms with Crippen LogP contribution < -0.4 is 11.1 Å². The molecule has 1 aromatic carbocycles. The first-order valence-electron chi connectivity index (χ1n) is 5.13. The molecular weight excluding hydrogens is 172 g/mol. The number of hydrogen-bond donors (Lipinski definition) is 2. The fourth-order valence-corrected chi connectivity index (χ4v) is 1.36. The minimum atomic E-state index is 0.384. The van der Waals surface area contributed by atoms with Crippen LogP contribution in [0.2, 0.25) is 0 Å². The van der Waals surface area contributed by atoms with Crippen LogP contribution in [0.3, 0.4) is 0 Å². The van der Waals surface area contributed by atoms with Gasteiger partial charge in [-0.2, -0.15) is 0 Å². The quantitative estimate of drug-likeness (QED) is 0.762. The fourth-order valence-electron chi connectivity index (χ4n) is 1.36. The van der Waals surface area contributed by atoms with E-state index in [2.05, 4.69) is 44.3 Å². The lowest BCUT2D eigenvalue weighted by Crippen LogP contribution is -2.32. The molecule has 0 spiro atoms. The van der Waals surface area contributed by atoms with Crippen molar-refractivity contribution in [3.05, 3.63) is 34.9 Å². The highest BCUT2D eigenvalue weighted by atomic mass is 14.9. The zero-order chi connectivity index (χ0) is 10.6. The molecule has 2 nitrogen and oxygen atoms in total. The second-order valence-corrected chi connectivity index (χ2v) is 3.95. The summed E-state index contributed by atoms with van der Waals surface area (Å²) in [5, 5.41) is 3.39. The molecular formula is C12H20N2. The number of nitrogens with one attached hydrogen (secondary N) is 1. The van der Waals surface area contributed by atoms with Crippen molar-refractivity contribution in [2.75, 3.05) is 6.54 Å². The zero-order valence-electron chi connectivity index (χ0n) is 9.30. The van der Waals surface area contributed by atoms with Crippen molar-refractivity contribution >= 4 is 0 Å². The van der Waals surface area contributed by atoms with Gasteiger partial charge in [-0.25, -0.2) is 0 Å². The Morgan fingerprint density at radius 2 is 2.07 bits per heavy atom. The van der Waals surface area contributed by atoms with Gasteiger partial charge in [0.2, 0.25) is 0 Å². The summed E-state index contributed by atoms with van der Waals surface area (Å²) in [6, 6.07) is 6.92. The molecule has 0 bridgehead atoms. The number of aryl methyl sites for hydroxylation is 2. The van der Waals surface area contributed by atoms with E-state index in [0.717, 1.165) is 6.54 Å². The van der Waals surface area contributed by atoms with E-state index in [-0.39, 0.29) is 0 Å². The maximum Gasteiger partial charge on any atom is 0.0211 e. The van der Waals surface area contributed by atoms with E-state index >= 15 is 0 Å². The largest absolute Gasteiger partial charge is 0.329 e. The molecule has 0 amide bonds. The topological polar surface area (TPSA) is 38.0 Å². The van der Waals surface area contributed by atoms with E-state index in [1.54, 1.807) is 0 Å². The van der Waals surface area contributed by atoms with Crippen molar-refractivity contribution in [2.24, 2.45) is 5.73 Å². The predicted molar refractivity (Wildman–Crippen MR) is 61.3 cm³/mol. The van der Waals surface area contributed by atoms with Gasteiger partial charge >= 0.3 is 0 Å². The van der Waals surface area contributed by atoms with Gasteiger partial charge < -0.3 is 11.1 Å². The summed E-state index contributed by atoms with van der Waals surface area (Å²) in [6.07, 6.45) is 0. The van der Waals surface area contributed by atoms with Gasteiger partial charge in [0.15, 0.2) is 0 Å². The summed E-state index contributed by atoms with van der Waals surface area (Å²) in [5.41, 5.74) is 9.56. The average Bonchev–Trinajstić information content (AvgIpc) is 2.19. The highest BCUT2D eigenvalue weighted by Crippen LogP contribution is 2.10. The van der Waals surface area contributed by atoms with E-state index in [9.17, 15) is 0 Å². The standard InChI is InChI=1S/C12H20N2/c1-9-4-5-10(2)12(6-9)8-14-11(3)7-13/h4-6,11,14H,7-8,13H2,1-3H3/t11-/m1/s1. The van der Waals surface area contributed by atoms with Gasteiger partial charge in [0.1, 0.15) is 0 Å². The molecule has 0 unspecified atom stereocenters. The van der Waals surface area contributed by atoms with Gasteiger partial charge in [0.05, 0.1) is 0 Å². The molecule has 1 aromatic rings. The van der Waals surface area contributed by atoms with Crippen LogP contribution in [-0.2, 0) is 6.54 Å². The molecule has 78 valence electrons. The number of benzene rings is 1. The van der Waals surface area contributed by atoms with Crippen LogP contribution in [0, 0.1) is 13.8 Å². The highest BCUT2D eigenvalue weighted by molar-refractivity contribution is 5.30. The molecule has 0 heterocycles. The van der Waals surface area contributed by atoms with Crippen LogP contribution >= 0.6 is 0 Å². The maximum absolute atomic E-state index is 5.54. The third kappa shape index (κ3) is 3.13. The molecule has 1 atom stereocenters. The Kier molecular flexibility index (Phi) is 4.11. The normalized spacial score (nSPS) is 12.9. The monoisotopic (exact) mass is 192 g/mol. The second kappa shape index (κ2) is 5.13. The molecule has 0 aliphatic rings. The molecule has 0 saturated heterocycles. The lowest BCUT2D eigenvalue weighted by Gasteiger charge is -2.13. The van der Waals surface area contributed by atoms with E-state index in [4.69, 9.17) is 5.73 Å². The van der Waals surface area contributed by atoms with Crippen LogP contribution in [-0.4, -0.2) is 12.6 Å². The lowest BCUT2D eigenvalue weighted by atomic mass is 10.1. The van der Waals surface area contributed by atoms with Crippen molar-refractivity contribution in [1.82, 2.24) is 5.32 Å². The maximum atomic E-state index is 5.54. The SMILES string of the molecule is Cc1ccc(C)c(CN[C@H](C)CN)c1. The van der Waals surface area contributed by atoms with Gasteiger partial charge in [-0.3, -0.25) is 0 Å². The van der Waals surface area contributed by atoms with E-state index in [1.165, 1.54) is 16.7 Å². The number of rotatable bonds is 4. The molecule has 0 aliphatic heterocycles. The fraction of sp³-hybridized carbons (Fsp3) is 0.500. The van der Waals surface area contributed by atoms with Crippen LogP contribution in [0.5, 0.6) is 0 Å². The Bertz CT molecular complexity index is 294. The zero-order valence-corrected chi connectivity index (χ0v) is 9.30. The summed E-state index contributed by atoms with van der Waals surface area (Å²) < 4.78 is 0. The van der Waals surface area contributed by atoms with Gasteiger partial charge in [0.25, 0.3) is 0 Å². The highest BCUT2D eigenvalue weighted by Gasteiger charge is 2.01. The first kappa shape index (κ1) is 11.2. The number of hydrogen-bond acceptors (Lipinski definition) is 2. The minimum Gasteiger partial charge on any atom is -0.329 e. The Morgan fingerprint density at radius 3 is 2.71 bits per heavy atom. The predicted octanol–water partition coefficient (Wildman–Crippen LogP) is 1.74. The van der Waals surface area contributed by atoms with E-state index in [0.29, 0.717) is 12.6 Å². The molecule has 0 saturated carbocycles. The molecule has 0 radical (unpaired) electrons. The second-order valence-electron chi connectivity index (χ2n) is 3.95. The van der Waals surface area contributed by atoms with Crippen molar-refractivity contribution < 1.29 is 0 Å². The van der Waals surface area contributed by atoms with Crippen LogP contribution in [0.15, 0.2) is 18.2 Å². The van der Waals surface area contributed by atoms with Crippen molar-refractivity contribution in [3.63, 3.8) is 0 Å². The Morgan fingerprint density at radius 1 is 1.36 bits per heavy atom. The smallest absolute Gasteiger partial charge is 0.0211 e. The summed E-state index contributed by atoms with van der Waals surface area (Å²) in [7, 11) is 0. The summed E-state index contributed by atoms with van der Waals surface area (Å²) in [5.74, 6) is 0. The van der Waals surface area contributed by atoms with Crippen LogP contribution in [0.4, 0.5) is 0 Å². The molecule has 2 heteroatoms. The van der Waals surface area contributed by atoms with Crippen LogP contribution in [0.25, 0.3) is 0 Å². The average molecular weight is 192 g/mol. The van der Waals surface area contributed by atoms with Gasteiger partial charge in [0, 0.05) is 19.1 Å². The number of nitrogens with two attached hydrogens (primary N) is 1. The van der Waals surface area contributed by atoms with Gasteiger partial charge in [-0.05, 0) is 31.9 Å². The van der Waals surface area contributed by atoms with Crippen molar-refractivity contribution in [3.8, 4) is 0 Å². The molecule has 0 aromatic heterocycles. The third-order valence-corrected chi connectivity index (χ3v) is 2.50. The third-order valence-electron chi connectivity index (χ3n) is 2.50. The molecule has 0 aliphatic carbocycles. The summed E-state index contributed by atoms with van der Waals surface area (Å²) in [4.78, 5) is 0. The molecule has 0 fully saturated rings. The van der Waals surface area contributed by atoms with Crippen LogP contribution in [0.1, 0.15) is 23.6 Å². The Balaban J connectivity index is 2.62. The minimum absolute atomic E-state index is 0.384. The van der Waals surface area contributed by atoms with Crippen molar-refractivity contribution in [1.29, 1.82) is 0 Å². The van der Waals surface area contributed by atoms with Crippen molar-refractivity contribution in [2.45, 2.75) is 33.4 Å². The summed E-state index contributed by atoms with van der Waals surface area (Å²) in [6.45, 7) is 7.96. The Labute approximate surface area is 86.5 Å². The first-order chi connectivity index (χ1) is 6.63. The van der Waals surface area contributed by atoms with Gasteiger partial charge in [-0.15, -0.1) is 0 Å².